The Balaban J connectivity index is 1.41. The van der Waals surface area contributed by atoms with Crippen molar-refractivity contribution >= 4 is 35.1 Å². The zero-order valence-corrected chi connectivity index (χ0v) is 16.5. The Kier molecular flexibility index (Phi) is 6.78. The van der Waals surface area contributed by atoms with Gasteiger partial charge in [-0.2, -0.15) is 0 Å². The van der Waals surface area contributed by atoms with Crippen LogP contribution in [0.3, 0.4) is 0 Å². The van der Waals surface area contributed by atoms with Gasteiger partial charge >= 0.3 is 0 Å². The van der Waals surface area contributed by atoms with Crippen molar-refractivity contribution in [3.8, 4) is 0 Å². The van der Waals surface area contributed by atoms with Gasteiger partial charge in [-0.3, -0.25) is 14.5 Å². The Morgan fingerprint density at radius 3 is 2.36 bits per heavy atom. The van der Waals surface area contributed by atoms with Crippen molar-refractivity contribution in [1.29, 1.82) is 0 Å². The van der Waals surface area contributed by atoms with E-state index in [4.69, 9.17) is 11.6 Å². The summed E-state index contributed by atoms with van der Waals surface area (Å²) in [5.74, 6) is 0.518. The highest BCUT2D eigenvalue weighted by Gasteiger charge is 2.23. The van der Waals surface area contributed by atoms with Crippen LogP contribution in [0.25, 0.3) is 0 Å². The summed E-state index contributed by atoms with van der Waals surface area (Å²) < 4.78 is 0. The molecular formula is C19H23ClN6O2. The number of halogens is 1. The minimum atomic E-state index is -0.177. The summed E-state index contributed by atoms with van der Waals surface area (Å²) in [4.78, 5) is 38.7. The second-order valence-electron chi connectivity index (χ2n) is 6.64. The number of carbonyl (C=O) groups excluding carboxylic acids is 2. The van der Waals surface area contributed by atoms with Crippen molar-refractivity contribution < 1.29 is 9.59 Å². The van der Waals surface area contributed by atoms with Crippen LogP contribution in [0.15, 0.2) is 42.7 Å². The first kappa shape index (κ1) is 20.0. The molecule has 2 heterocycles. The quantitative estimate of drug-likeness (QED) is 0.785. The number of nitrogens with one attached hydrogen (secondary N) is 1. The number of amides is 2. The Bertz CT molecular complexity index is 794. The number of anilines is 2. The van der Waals surface area contributed by atoms with E-state index in [1.807, 2.05) is 4.90 Å². The average Bonchev–Trinajstić information content (AvgIpc) is 2.70. The molecule has 1 aromatic heterocycles. The molecule has 1 aliphatic heterocycles. The van der Waals surface area contributed by atoms with Crippen molar-refractivity contribution in [3.63, 3.8) is 0 Å². The highest BCUT2D eigenvalue weighted by Crippen LogP contribution is 2.13. The molecule has 0 bridgehead atoms. The number of hydrogen-bond donors (Lipinski definition) is 1. The fourth-order valence-electron chi connectivity index (χ4n) is 2.98. The summed E-state index contributed by atoms with van der Waals surface area (Å²) in [6.45, 7) is 2.93. The highest BCUT2D eigenvalue weighted by atomic mass is 35.5. The van der Waals surface area contributed by atoms with Crippen molar-refractivity contribution in [3.05, 3.63) is 47.7 Å². The number of hydrogen-bond acceptors (Lipinski definition) is 6. The van der Waals surface area contributed by atoms with Crippen LogP contribution in [0, 0.1) is 0 Å². The summed E-state index contributed by atoms with van der Waals surface area (Å²) in [5.41, 5.74) is 0.674. The van der Waals surface area contributed by atoms with E-state index in [9.17, 15) is 9.59 Å². The van der Waals surface area contributed by atoms with Crippen LogP contribution in [0.1, 0.15) is 0 Å². The summed E-state index contributed by atoms with van der Waals surface area (Å²) in [7, 11) is 1.76. The van der Waals surface area contributed by atoms with Gasteiger partial charge in [-0.25, -0.2) is 9.97 Å². The molecule has 8 nitrogen and oxygen atoms in total. The van der Waals surface area contributed by atoms with E-state index >= 15 is 0 Å². The van der Waals surface area contributed by atoms with Crippen LogP contribution in [-0.2, 0) is 9.59 Å². The van der Waals surface area contributed by atoms with Crippen molar-refractivity contribution in [2.24, 2.45) is 0 Å². The predicted molar refractivity (Wildman–Crippen MR) is 108 cm³/mol. The summed E-state index contributed by atoms with van der Waals surface area (Å²) >= 11 is 5.83. The molecule has 28 heavy (non-hydrogen) atoms. The molecule has 1 fully saturated rings. The van der Waals surface area contributed by atoms with Crippen molar-refractivity contribution in [1.82, 2.24) is 19.8 Å². The zero-order chi connectivity index (χ0) is 19.9. The summed E-state index contributed by atoms with van der Waals surface area (Å²) in [5, 5.41) is 3.40. The maximum atomic E-state index is 12.5. The van der Waals surface area contributed by atoms with E-state index in [-0.39, 0.29) is 24.9 Å². The molecule has 1 aromatic carbocycles. The van der Waals surface area contributed by atoms with Gasteiger partial charge in [0.05, 0.1) is 13.1 Å². The Morgan fingerprint density at radius 1 is 1.07 bits per heavy atom. The summed E-state index contributed by atoms with van der Waals surface area (Å²) in [6.07, 6.45) is 3.42. The van der Waals surface area contributed by atoms with E-state index < -0.39 is 0 Å². The molecule has 1 saturated heterocycles. The largest absolute Gasteiger partial charge is 0.338 e. The first-order chi connectivity index (χ1) is 13.5. The van der Waals surface area contributed by atoms with Crippen molar-refractivity contribution in [2.75, 3.05) is 56.5 Å². The number of nitrogens with zero attached hydrogens (tertiary/aromatic N) is 5. The monoisotopic (exact) mass is 402 g/mol. The van der Waals surface area contributed by atoms with Crippen LogP contribution >= 0.6 is 11.6 Å². The molecule has 0 radical (unpaired) electrons. The van der Waals surface area contributed by atoms with Crippen molar-refractivity contribution in [2.45, 2.75) is 0 Å². The van der Waals surface area contributed by atoms with Gasteiger partial charge in [0, 0.05) is 49.3 Å². The van der Waals surface area contributed by atoms with E-state index in [2.05, 4.69) is 20.2 Å². The zero-order valence-electron chi connectivity index (χ0n) is 15.7. The molecule has 0 unspecified atom stereocenters. The van der Waals surface area contributed by atoms with Crippen LogP contribution in [-0.4, -0.2) is 77.9 Å². The van der Waals surface area contributed by atoms with E-state index in [1.165, 1.54) is 0 Å². The molecule has 9 heteroatoms. The molecule has 1 aliphatic rings. The van der Waals surface area contributed by atoms with Gasteiger partial charge in [0.15, 0.2) is 0 Å². The lowest BCUT2D eigenvalue weighted by Crippen LogP contribution is -2.51. The van der Waals surface area contributed by atoms with Crippen LogP contribution < -0.4 is 10.2 Å². The molecular weight excluding hydrogens is 380 g/mol. The lowest BCUT2D eigenvalue weighted by molar-refractivity contribution is -0.132. The molecule has 0 saturated carbocycles. The van der Waals surface area contributed by atoms with Crippen LogP contribution in [0.4, 0.5) is 11.6 Å². The number of aromatic nitrogens is 2. The SMILES string of the molecule is CN(CC(=O)Nc1ccc(Cl)cc1)CC(=O)N1CCN(c2ncccn2)CC1. The van der Waals surface area contributed by atoms with Gasteiger partial charge < -0.3 is 15.1 Å². The third-order valence-electron chi connectivity index (χ3n) is 4.41. The lowest BCUT2D eigenvalue weighted by Gasteiger charge is -2.35. The maximum Gasteiger partial charge on any atom is 0.238 e. The molecule has 1 N–H and O–H groups in total. The normalized spacial score (nSPS) is 14.2. The topological polar surface area (TPSA) is 81.7 Å². The first-order valence-electron chi connectivity index (χ1n) is 9.05. The number of carbonyl (C=O) groups is 2. The Morgan fingerprint density at radius 2 is 1.71 bits per heavy atom. The lowest BCUT2D eigenvalue weighted by atomic mass is 10.3. The average molecular weight is 403 g/mol. The maximum absolute atomic E-state index is 12.5. The van der Waals surface area contributed by atoms with Gasteiger partial charge in [-0.05, 0) is 37.4 Å². The molecule has 2 aromatic rings. The van der Waals surface area contributed by atoms with Crippen LogP contribution in [0.5, 0.6) is 0 Å². The van der Waals surface area contributed by atoms with Gasteiger partial charge in [0.1, 0.15) is 0 Å². The van der Waals surface area contributed by atoms with Gasteiger partial charge in [-0.15, -0.1) is 0 Å². The molecule has 148 valence electrons. The van der Waals surface area contributed by atoms with Gasteiger partial charge in [0.2, 0.25) is 17.8 Å². The molecule has 2 amide bonds. The Labute approximate surface area is 169 Å². The van der Waals surface area contributed by atoms with Gasteiger partial charge in [-0.1, -0.05) is 11.6 Å². The molecule has 0 aliphatic carbocycles. The molecule has 0 spiro atoms. The summed E-state index contributed by atoms with van der Waals surface area (Å²) in [6, 6.07) is 8.68. The number of piperazine rings is 1. The van der Waals surface area contributed by atoms with E-state index in [1.54, 1.807) is 54.7 Å². The molecule has 0 atom stereocenters. The second-order valence-corrected chi connectivity index (χ2v) is 7.08. The number of benzene rings is 1. The smallest absolute Gasteiger partial charge is 0.238 e. The highest BCUT2D eigenvalue weighted by molar-refractivity contribution is 6.30. The standard InChI is InChI=1S/C19H23ClN6O2/c1-24(13-17(27)23-16-5-3-15(20)4-6-16)14-18(28)25-9-11-26(12-10-25)19-21-7-2-8-22-19/h2-8H,9-14H2,1H3,(H,23,27). The van der Waals surface area contributed by atoms with E-state index in [0.717, 1.165) is 0 Å². The fraction of sp³-hybridized carbons (Fsp3) is 0.368. The van der Waals surface area contributed by atoms with E-state index in [0.29, 0.717) is 42.8 Å². The third kappa shape index (κ3) is 5.64. The molecule has 3 rings (SSSR count). The second kappa shape index (κ2) is 9.48. The minimum absolute atomic E-state index is 0.00965. The Hall–Kier alpha value is -2.71. The predicted octanol–water partition coefficient (Wildman–Crippen LogP) is 1.35. The van der Waals surface area contributed by atoms with Gasteiger partial charge in [0.25, 0.3) is 0 Å². The number of likely N-dealkylation sites (N-methyl/N-ethyl adjacent to an activating group) is 1. The van der Waals surface area contributed by atoms with Crippen LogP contribution in [0.2, 0.25) is 5.02 Å². The fourth-order valence-corrected chi connectivity index (χ4v) is 3.10. The third-order valence-corrected chi connectivity index (χ3v) is 4.67. The number of rotatable bonds is 6. The first-order valence-corrected chi connectivity index (χ1v) is 9.43. The minimum Gasteiger partial charge on any atom is -0.338 e.